The first-order valence-corrected chi connectivity index (χ1v) is 8.53. The van der Waals surface area contributed by atoms with Gasteiger partial charge in [-0.3, -0.25) is 19.7 Å². The van der Waals surface area contributed by atoms with Gasteiger partial charge in [-0.15, -0.1) is 11.8 Å². The highest BCUT2D eigenvalue weighted by Gasteiger charge is 2.27. The zero-order chi connectivity index (χ0) is 17.0. The van der Waals surface area contributed by atoms with Gasteiger partial charge in [0.25, 0.3) is 11.6 Å². The van der Waals surface area contributed by atoms with Crippen LogP contribution in [0.2, 0.25) is 0 Å². The third kappa shape index (κ3) is 4.01. The molecule has 1 aliphatic heterocycles. The maximum Gasteiger partial charge on any atom is 0.282 e. The van der Waals surface area contributed by atoms with Gasteiger partial charge >= 0.3 is 0 Å². The van der Waals surface area contributed by atoms with Crippen molar-refractivity contribution in [3.63, 3.8) is 0 Å². The van der Waals surface area contributed by atoms with Gasteiger partial charge in [-0.1, -0.05) is 0 Å². The molecule has 124 valence electrons. The fourth-order valence-corrected chi connectivity index (χ4v) is 3.02. The molecule has 0 unspecified atom stereocenters. The Hall–Kier alpha value is -2.09. The van der Waals surface area contributed by atoms with Gasteiger partial charge in [0, 0.05) is 44.1 Å². The Bertz CT molecular complexity index is 635. The number of carbonyl (C=O) groups excluding carboxylic acids is 2. The van der Waals surface area contributed by atoms with Gasteiger partial charge in [0.1, 0.15) is 5.56 Å². The zero-order valence-corrected chi connectivity index (χ0v) is 14.0. The molecule has 8 heteroatoms. The molecule has 0 saturated carbocycles. The van der Waals surface area contributed by atoms with E-state index in [1.54, 1.807) is 21.9 Å². The predicted molar refractivity (Wildman–Crippen MR) is 87.7 cm³/mol. The van der Waals surface area contributed by atoms with Crippen molar-refractivity contribution in [3.05, 3.63) is 33.9 Å². The lowest BCUT2D eigenvalue weighted by atomic mass is 10.1. The fraction of sp³-hybridized carbons (Fsp3) is 0.467. The molecule has 23 heavy (non-hydrogen) atoms. The molecule has 0 bridgehead atoms. The van der Waals surface area contributed by atoms with Crippen LogP contribution in [0.5, 0.6) is 0 Å². The molecule has 1 aromatic rings. The lowest BCUT2D eigenvalue weighted by molar-refractivity contribution is -0.385. The van der Waals surface area contributed by atoms with Gasteiger partial charge in [0.05, 0.1) is 4.92 Å². The number of hydrogen-bond donors (Lipinski definition) is 0. The summed E-state index contributed by atoms with van der Waals surface area (Å²) in [6, 6.07) is 4.58. The van der Waals surface area contributed by atoms with E-state index in [1.807, 2.05) is 6.26 Å². The first-order valence-electron chi connectivity index (χ1n) is 7.31. The summed E-state index contributed by atoms with van der Waals surface area (Å²) >= 11 is 1.43. The highest BCUT2D eigenvalue weighted by molar-refractivity contribution is 7.98. The largest absolute Gasteiger partial charge is 0.341 e. The molecule has 2 amide bonds. The van der Waals surface area contributed by atoms with E-state index in [2.05, 4.69) is 0 Å². The molecule has 0 spiro atoms. The van der Waals surface area contributed by atoms with E-state index in [9.17, 15) is 19.7 Å². The first-order chi connectivity index (χ1) is 10.9. The van der Waals surface area contributed by atoms with Gasteiger partial charge in [-0.2, -0.15) is 0 Å². The Labute approximate surface area is 138 Å². The summed E-state index contributed by atoms with van der Waals surface area (Å²) < 4.78 is 0. The minimum absolute atomic E-state index is 0.0188. The SMILES string of the molecule is CSc1ccc([N+](=O)[O-])c(C(=O)N2CCCN(C(C)=O)CC2)c1. The van der Waals surface area contributed by atoms with E-state index in [1.165, 1.54) is 24.8 Å². The zero-order valence-electron chi connectivity index (χ0n) is 13.2. The Morgan fingerprint density at radius 1 is 1.17 bits per heavy atom. The van der Waals surface area contributed by atoms with Crippen molar-refractivity contribution in [2.45, 2.75) is 18.2 Å². The molecule has 0 radical (unpaired) electrons. The van der Waals surface area contributed by atoms with Crippen molar-refractivity contribution in [1.29, 1.82) is 0 Å². The van der Waals surface area contributed by atoms with Crippen LogP contribution in [-0.2, 0) is 4.79 Å². The standard InChI is InChI=1S/C15H19N3O4S/c1-11(19)16-6-3-7-17(9-8-16)15(20)13-10-12(23-2)4-5-14(13)18(21)22/h4-5,10H,3,6-9H2,1-2H3. The average Bonchev–Trinajstić information content (AvgIpc) is 2.79. The summed E-state index contributed by atoms with van der Waals surface area (Å²) in [5.74, 6) is -0.368. The van der Waals surface area contributed by atoms with Crippen LogP contribution in [0.3, 0.4) is 0 Å². The molecule has 0 atom stereocenters. The summed E-state index contributed by atoms with van der Waals surface area (Å²) in [5.41, 5.74) is -0.0707. The van der Waals surface area contributed by atoms with E-state index in [4.69, 9.17) is 0 Å². The second-order valence-electron chi connectivity index (χ2n) is 5.29. The molecule has 0 aliphatic carbocycles. The van der Waals surface area contributed by atoms with E-state index < -0.39 is 4.92 Å². The van der Waals surface area contributed by atoms with Gasteiger partial charge < -0.3 is 9.80 Å². The predicted octanol–water partition coefficient (Wildman–Crippen LogP) is 2.01. The maximum atomic E-state index is 12.7. The topological polar surface area (TPSA) is 83.8 Å². The Morgan fingerprint density at radius 2 is 1.83 bits per heavy atom. The van der Waals surface area contributed by atoms with Crippen LogP contribution in [-0.4, -0.2) is 59.0 Å². The molecule has 0 aromatic heterocycles. The molecule has 1 aromatic carbocycles. The molecule has 1 saturated heterocycles. The summed E-state index contributed by atoms with van der Waals surface area (Å²) in [7, 11) is 0. The summed E-state index contributed by atoms with van der Waals surface area (Å²) in [5, 5.41) is 11.2. The van der Waals surface area contributed by atoms with E-state index >= 15 is 0 Å². The van der Waals surface area contributed by atoms with Crippen LogP contribution < -0.4 is 0 Å². The summed E-state index contributed by atoms with van der Waals surface area (Å²) in [6.07, 6.45) is 2.52. The van der Waals surface area contributed by atoms with Crippen molar-refractivity contribution in [1.82, 2.24) is 9.80 Å². The fourth-order valence-electron chi connectivity index (χ4n) is 2.58. The molecular formula is C15H19N3O4S. The Morgan fingerprint density at radius 3 is 2.43 bits per heavy atom. The van der Waals surface area contributed by atoms with Crippen LogP contribution in [0.25, 0.3) is 0 Å². The first kappa shape index (κ1) is 17.3. The number of thioether (sulfide) groups is 1. The number of nitrogens with zero attached hydrogens (tertiary/aromatic N) is 3. The monoisotopic (exact) mass is 337 g/mol. The molecule has 1 heterocycles. The molecule has 2 rings (SSSR count). The quantitative estimate of drug-likeness (QED) is 0.478. The van der Waals surface area contributed by atoms with Crippen molar-refractivity contribution < 1.29 is 14.5 Å². The van der Waals surface area contributed by atoms with Crippen molar-refractivity contribution >= 4 is 29.3 Å². The molecule has 1 aliphatic rings. The number of benzene rings is 1. The third-order valence-electron chi connectivity index (χ3n) is 3.86. The minimum atomic E-state index is -0.531. The summed E-state index contributed by atoms with van der Waals surface area (Å²) in [6.45, 7) is 3.44. The van der Waals surface area contributed by atoms with E-state index in [0.29, 0.717) is 32.6 Å². The van der Waals surface area contributed by atoms with Gasteiger partial charge in [0.2, 0.25) is 5.91 Å². The molecule has 7 nitrogen and oxygen atoms in total. The van der Waals surface area contributed by atoms with Crippen LogP contribution in [0, 0.1) is 10.1 Å². The number of hydrogen-bond acceptors (Lipinski definition) is 5. The second-order valence-corrected chi connectivity index (χ2v) is 6.17. The van der Waals surface area contributed by atoms with Crippen LogP contribution in [0.15, 0.2) is 23.1 Å². The summed E-state index contributed by atoms with van der Waals surface area (Å²) in [4.78, 5) is 38.9. The minimum Gasteiger partial charge on any atom is -0.341 e. The normalized spacial score (nSPS) is 15.2. The molecule has 1 fully saturated rings. The number of rotatable bonds is 3. The van der Waals surface area contributed by atoms with Gasteiger partial charge in [0.15, 0.2) is 0 Å². The van der Waals surface area contributed by atoms with Gasteiger partial charge in [-0.05, 0) is 24.8 Å². The smallest absolute Gasteiger partial charge is 0.282 e. The average molecular weight is 337 g/mol. The molecule has 0 N–H and O–H groups in total. The lowest BCUT2D eigenvalue weighted by Crippen LogP contribution is -2.36. The van der Waals surface area contributed by atoms with Crippen molar-refractivity contribution in [2.24, 2.45) is 0 Å². The Kier molecular flexibility index (Phi) is 5.59. The second kappa shape index (κ2) is 7.45. The van der Waals surface area contributed by atoms with Crippen molar-refractivity contribution in [2.75, 3.05) is 32.4 Å². The van der Waals surface area contributed by atoms with Crippen molar-refractivity contribution in [3.8, 4) is 0 Å². The number of nitro groups is 1. The van der Waals surface area contributed by atoms with Crippen LogP contribution >= 0.6 is 11.8 Å². The highest BCUT2D eigenvalue weighted by Crippen LogP contribution is 2.26. The highest BCUT2D eigenvalue weighted by atomic mass is 32.2. The lowest BCUT2D eigenvalue weighted by Gasteiger charge is -2.21. The van der Waals surface area contributed by atoms with Gasteiger partial charge in [-0.25, -0.2) is 0 Å². The number of carbonyl (C=O) groups is 2. The number of amides is 2. The van der Waals surface area contributed by atoms with Crippen LogP contribution in [0.4, 0.5) is 5.69 Å². The Balaban J connectivity index is 2.25. The molecular weight excluding hydrogens is 318 g/mol. The van der Waals surface area contributed by atoms with E-state index in [0.717, 1.165) is 4.90 Å². The van der Waals surface area contributed by atoms with Crippen LogP contribution in [0.1, 0.15) is 23.7 Å². The maximum absolute atomic E-state index is 12.7. The van der Waals surface area contributed by atoms with E-state index in [-0.39, 0.29) is 23.1 Å². The number of nitro benzene ring substituents is 1. The third-order valence-corrected chi connectivity index (χ3v) is 4.58.